The molecule has 120 valence electrons. The van der Waals surface area contributed by atoms with E-state index in [1.54, 1.807) is 6.20 Å². The molecule has 2 aliphatic heterocycles. The van der Waals surface area contributed by atoms with Gasteiger partial charge in [0, 0.05) is 36.6 Å². The molecule has 3 N–H and O–H groups in total. The number of para-hydroxylation sites is 1. The molecule has 0 saturated carbocycles. The van der Waals surface area contributed by atoms with Crippen LogP contribution < -0.4 is 11.1 Å². The second-order valence-corrected chi connectivity index (χ2v) is 7.47. The summed E-state index contributed by atoms with van der Waals surface area (Å²) in [7, 11) is 0. The summed E-state index contributed by atoms with van der Waals surface area (Å²) >= 11 is 1.40. The second-order valence-electron chi connectivity index (χ2n) is 6.44. The largest absolute Gasteiger partial charge is 0.398 e. The van der Waals surface area contributed by atoms with E-state index in [9.17, 15) is 4.79 Å². The number of nitrogens with zero attached hydrogens (tertiary/aromatic N) is 2. The smallest absolute Gasteiger partial charge is 0.280 e. The Hall–Kier alpha value is -1.92. The Kier molecular flexibility index (Phi) is 3.79. The number of benzene rings is 1. The molecule has 1 aromatic heterocycles. The van der Waals surface area contributed by atoms with Crippen LogP contribution in [0.2, 0.25) is 0 Å². The number of hydrogen-bond donors (Lipinski definition) is 2. The van der Waals surface area contributed by atoms with Crippen LogP contribution in [-0.4, -0.2) is 41.5 Å². The van der Waals surface area contributed by atoms with Gasteiger partial charge in [-0.25, -0.2) is 4.98 Å². The van der Waals surface area contributed by atoms with E-state index in [0.717, 1.165) is 29.3 Å². The summed E-state index contributed by atoms with van der Waals surface area (Å²) in [6.45, 7) is 3.33. The van der Waals surface area contributed by atoms with E-state index in [1.807, 2.05) is 24.3 Å². The molecule has 23 heavy (non-hydrogen) atoms. The third kappa shape index (κ3) is 2.96. The van der Waals surface area contributed by atoms with Crippen molar-refractivity contribution in [2.24, 2.45) is 5.92 Å². The van der Waals surface area contributed by atoms with Crippen molar-refractivity contribution in [1.82, 2.24) is 15.2 Å². The van der Waals surface area contributed by atoms with Gasteiger partial charge in [0.15, 0.2) is 5.01 Å². The van der Waals surface area contributed by atoms with Crippen LogP contribution in [-0.2, 0) is 0 Å². The minimum absolute atomic E-state index is 0.0664. The Labute approximate surface area is 139 Å². The number of carbonyl (C=O) groups is 1. The zero-order valence-corrected chi connectivity index (χ0v) is 13.7. The quantitative estimate of drug-likeness (QED) is 0.848. The van der Waals surface area contributed by atoms with Crippen molar-refractivity contribution in [1.29, 1.82) is 0 Å². The Balaban J connectivity index is 1.46. The highest BCUT2D eigenvalue weighted by Gasteiger charge is 2.33. The summed E-state index contributed by atoms with van der Waals surface area (Å²) in [5.41, 5.74) is 7.64. The van der Waals surface area contributed by atoms with Crippen LogP contribution in [0.5, 0.6) is 0 Å². The number of anilines is 1. The van der Waals surface area contributed by atoms with Crippen molar-refractivity contribution in [3.8, 4) is 10.4 Å². The number of aromatic nitrogens is 1. The summed E-state index contributed by atoms with van der Waals surface area (Å²) in [6, 6.07) is 7.91. The molecule has 2 fully saturated rings. The maximum atomic E-state index is 12.5. The summed E-state index contributed by atoms with van der Waals surface area (Å²) < 4.78 is 0. The molecule has 1 unspecified atom stereocenters. The SMILES string of the molecule is Nc1ccccc1-c1cnc(C(=O)N[C@@H]2C[C@H]3CCN(C3)C2)s1. The summed E-state index contributed by atoms with van der Waals surface area (Å²) in [5, 5.41) is 3.66. The number of hydrogen-bond acceptors (Lipinski definition) is 5. The maximum Gasteiger partial charge on any atom is 0.280 e. The highest BCUT2D eigenvalue weighted by Crippen LogP contribution is 2.31. The summed E-state index contributed by atoms with van der Waals surface area (Å²) in [4.78, 5) is 20.1. The molecule has 5 nitrogen and oxygen atoms in total. The third-order valence-electron chi connectivity index (χ3n) is 4.73. The van der Waals surface area contributed by atoms with Gasteiger partial charge in [0.05, 0.1) is 4.88 Å². The van der Waals surface area contributed by atoms with Crippen LogP contribution in [0, 0.1) is 5.92 Å². The van der Waals surface area contributed by atoms with Crippen LogP contribution in [0.1, 0.15) is 22.6 Å². The van der Waals surface area contributed by atoms with Crippen molar-refractivity contribution in [2.45, 2.75) is 18.9 Å². The number of piperidine rings is 1. The normalized spacial score (nSPS) is 26.2. The zero-order valence-electron chi connectivity index (χ0n) is 12.9. The lowest BCUT2D eigenvalue weighted by Crippen LogP contribution is -2.46. The predicted octanol–water partition coefficient (Wildman–Crippen LogP) is 2.22. The van der Waals surface area contributed by atoms with Crippen molar-refractivity contribution < 1.29 is 4.79 Å². The first-order valence-corrected chi connectivity index (χ1v) is 8.84. The minimum atomic E-state index is -0.0664. The summed E-state index contributed by atoms with van der Waals surface area (Å²) in [6.07, 6.45) is 4.09. The molecule has 2 aromatic rings. The highest BCUT2D eigenvalue weighted by atomic mass is 32.1. The molecule has 3 atom stereocenters. The van der Waals surface area contributed by atoms with Gasteiger partial charge in [-0.1, -0.05) is 18.2 Å². The lowest BCUT2D eigenvalue weighted by atomic mass is 9.97. The molecule has 0 aliphatic carbocycles. The molecule has 0 radical (unpaired) electrons. The molecule has 4 rings (SSSR count). The Morgan fingerprint density at radius 3 is 3.04 bits per heavy atom. The lowest BCUT2D eigenvalue weighted by Gasteiger charge is -2.30. The monoisotopic (exact) mass is 328 g/mol. The second kappa shape index (κ2) is 5.94. The maximum absolute atomic E-state index is 12.5. The van der Waals surface area contributed by atoms with E-state index in [-0.39, 0.29) is 11.9 Å². The van der Waals surface area contributed by atoms with Gasteiger partial charge in [0.2, 0.25) is 0 Å². The Morgan fingerprint density at radius 2 is 2.22 bits per heavy atom. The topological polar surface area (TPSA) is 71.2 Å². The lowest BCUT2D eigenvalue weighted by molar-refractivity contribution is 0.0909. The predicted molar refractivity (Wildman–Crippen MR) is 92.4 cm³/mol. The van der Waals surface area contributed by atoms with Crippen LogP contribution in [0.3, 0.4) is 0 Å². The van der Waals surface area contributed by atoms with E-state index in [1.165, 1.54) is 30.8 Å². The van der Waals surface area contributed by atoms with E-state index in [4.69, 9.17) is 5.73 Å². The molecule has 3 heterocycles. The van der Waals surface area contributed by atoms with Gasteiger partial charge in [0.1, 0.15) is 0 Å². The first kappa shape index (κ1) is 14.7. The number of nitrogens with one attached hydrogen (secondary N) is 1. The molecule has 2 saturated heterocycles. The summed E-state index contributed by atoms with van der Waals surface area (Å²) in [5.74, 6) is 0.674. The first-order valence-electron chi connectivity index (χ1n) is 8.03. The average Bonchev–Trinajstić information content (AvgIpc) is 3.15. The molecular formula is C17H20N4OS. The molecule has 0 spiro atoms. The van der Waals surface area contributed by atoms with E-state index in [2.05, 4.69) is 15.2 Å². The van der Waals surface area contributed by atoms with Gasteiger partial charge in [0.25, 0.3) is 5.91 Å². The standard InChI is InChI=1S/C17H20N4OS/c18-14-4-2-1-3-13(14)15-8-19-17(23-15)16(22)20-12-7-11-5-6-21(9-11)10-12/h1-4,8,11-12H,5-7,9-10,18H2,(H,20,22)/t11-,12-/m1/s1. The van der Waals surface area contributed by atoms with Crippen molar-refractivity contribution in [3.63, 3.8) is 0 Å². The Bertz CT molecular complexity index is 717. The van der Waals surface area contributed by atoms with Crippen LogP contribution >= 0.6 is 11.3 Å². The van der Waals surface area contributed by atoms with Crippen LogP contribution in [0.4, 0.5) is 5.69 Å². The van der Waals surface area contributed by atoms with Gasteiger partial charge >= 0.3 is 0 Å². The third-order valence-corrected chi connectivity index (χ3v) is 5.76. The van der Waals surface area contributed by atoms with E-state index in [0.29, 0.717) is 10.7 Å². The molecule has 1 amide bonds. The number of thiazole rings is 1. The number of fused-ring (bicyclic) bond motifs is 2. The van der Waals surface area contributed by atoms with E-state index >= 15 is 0 Å². The molecule has 1 aromatic carbocycles. The fraction of sp³-hybridized carbons (Fsp3) is 0.412. The van der Waals surface area contributed by atoms with Crippen molar-refractivity contribution >= 4 is 22.9 Å². The highest BCUT2D eigenvalue weighted by molar-refractivity contribution is 7.17. The number of nitrogens with two attached hydrogens (primary N) is 1. The van der Waals surface area contributed by atoms with Gasteiger partial charge in [-0.05, 0) is 31.4 Å². The first-order chi connectivity index (χ1) is 11.2. The fourth-order valence-electron chi connectivity index (χ4n) is 3.64. The number of amides is 1. The van der Waals surface area contributed by atoms with Gasteiger partial charge in [-0.2, -0.15) is 0 Å². The van der Waals surface area contributed by atoms with Gasteiger partial charge in [-0.3, -0.25) is 4.79 Å². The number of nitrogen functional groups attached to an aromatic ring is 1. The fourth-order valence-corrected chi connectivity index (χ4v) is 4.50. The van der Waals surface area contributed by atoms with E-state index < -0.39 is 0 Å². The van der Waals surface area contributed by atoms with Gasteiger partial charge in [-0.15, -0.1) is 11.3 Å². The molecular weight excluding hydrogens is 308 g/mol. The van der Waals surface area contributed by atoms with Crippen molar-refractivity contribution in [3.05, 3.63) is 35.5 Å². The molecule has 6 heteroatoms. The molecule has 2 bridgehead atoms. The van der Waals surface area contributed by atoms with Crippen LogP contribution in [0.25, 0.3) is 10.4 Å². The molecule has 2 aliphatic rings. The van der Waals surface area contributed by atoms with Crippen molar-refractivity contribution in [2.75, 3.05) is 25.4 Å². The van der Waals surface area contributed by atoms with Gasteiger partial charge < -0.3 is 16.0 Å². The number of rotatable bonds is 3. The average molecular weight is 328 g/mol. The number of carbonyl (C=O) groups excluding carboxylic acids is 1. The Morgan fingerprint density at radius 1 is 1.35 bits per heavy atom. The van der Waals surface area contributed by atoms with Crippen LogP contribution in [0.15, 0.2) is 30.5 Å². The minimum Gasteiger partial charge on any atom is -0.398 e. The zero-order chi connectivity index (χ0) is 15.8.